The summed E-state index contributed by atoms with van der Waals surface area (Å²) >= 11 is 0. The molecule has 186 valence electrons. The van der Waals surface area contributed by atoms with Crippen LogP contribution in [-0.4, -0.2) is 84.6 Å². The number of nitrogens with one attached hydrogen (secondary N) is 2. The van der Waals surface area contributed by atoms with Gasteiger partial charge in [-0.25, -0.2) is 14.4 Å². The van der Waals surface area contributed by atoms with Gasteiger partial charge in [0, 0.05) is 51.0 Å². The van der Waals surface area contributed by atoms with Crippen molar-refractivity contribution in [2.75, 3.05) is 46.4 Å². The van der Waals surface area contributed by atoms with Crippen molar-refractivity contribution in [1.82, 2.24) is 25.3 Å². The van der Waals surface area contributed by atoms with Crippen LogP contribution in [0.25, 0.3) is 0 Å². The molecule has 9 nitrogen and oxygen atoms in total. The van der Waals surface area contributed by atoms with Gasteiger partial charge in [0.25, 0.3) is 0 Å². The van der Waals surface area contributed by atoms with Gasteiger partial charge in [0.15, 0.2) is 0 Å². The fraction of sp³-hybridized carbons (Fsp3) is 0.560. The zero-order valence-electron chi connectivity index (χ0n) is 21.1. The predicted octanol–water partition coefficient (Wildman–Crippen LogP) is 2.63. The molecule has 9 heteroatoms. The van der Waals surface area contributed by atoms with Gasteiger partial charge in [0.1, 0.15) is 0 Å². The number of carbonyl (C=O) groups is 3. The molecule has 34 heavy (non-hydrogen) atoms. The Morgan fingerprint density at radius 3 is 2.44 bits per heavy atom. The number of hydrogen-bond acceptors (Lipinski definition) is 5. The molecule has 4 amide bonds. The number of urea groups is 2. The number of likely N-dealkylation sites (N-methyl/N-ethyl adjacent to an activating group) is 1. The van der Waals surface area contributed by atoms with Gasteiger partial charge < -0.3 is 20.3 Å². The van der Waals surface area contributed by atoms with Crippen LogP contribution in [0.1, 0.15) is 44.9 Å². The summed E-state index contributed by atoms with van der Waals surface area (Å²) in [6, 6.07) is 6.84. The smallest absolute Gasteiger partial charge is 0.338 e. The summed E-state index contributed by atoms with van der Waals surface area (Å²) < 4.78 is 5.41. The summed E-state index contributed by atoms with van der Waals surface area (Å²) in [5.74, 6) is -0.431. The maximum absolute atomic E-state index is 13.1. The lowest BCUT2D eigenvalue weighted by molar-refractivity contribution is -0.139. The average molecular weight is 472 g/mol. The molecular formula is C25H37N5O4. The highest BCUT2D eigenvalue weighted by molar-refractivity contribution is 5.95. The molecule has 2 N–H and O–H groups in total. The van der Waals surface area contributed by atoms with Crippen LogP contribution in [0, 0.1) is 6.92 Å². The van der Waals surface area contributed by atoms with E-state index in [0.29, 0.717) is 44.0 Å². The van der Waals surface area contributed by atoms with Crippen molar-refractivity contribution in [3.05, 3.63) is 46.7 Å². The van der Waals surface area contributed by atoms with Gasteiger partial charge in [-0.05, 0) is 40.2 Å². The van der Waals surface area contributed by atoms with Crippen molar-refractivity contribution in [3.8, 4) is 0 Å². The number of nitrogens with zero attached hydrogens (tertiary/aromatic N) is 3. The van der Waals surface area contributed by atoms with E-state index in [4.69, 9.17) is 4.74 Å². The first-order valence-corrected chi connectivity index (χ1v) is 11.8. The lowest BCUT2D eigenvalue weighted by Crippen LogP contribution is -2.56. The molecule has 1 saturated heterocycles. The van der Waals surface area contributed by atoms with Gasteiger partial charge in [-0.3, -0.25) is 9.80 Å². The maximum atomic E-state index is 13.1. The van der Waals surface area contributed by atoms with Crippen LogP contribution in [0.2, 0.25) is 0 Å². The van der Waals surface area contributed by atoms with Crippen LogP contribution < -0.4 is 10.6 Å². The van der Waals surface area contributed by atoms with Crippen LogP contribution >= 0.6 is 0 Å². The number of ether oxygens (including phenoxy) is 1. The van der Waals surface area contributed by atoms with Crippen LogP contribution in [0.3, 0.4) is 0 Å². The van der Waals surface area contributed by atoms with E-state index in [1.54, 1.807) is 18.9 Å². The highest BCUT2D eigenvalue weighted by atomic mass is 16.5. The summed E-state index contributed by atoms with van der Waals surface area (Å²) in [6.07, 6.45) is 0. The third kappa shape index (κ3) is 6.08. The molecule has 0 unspecified atom stereocenters. The van der Waals surface area contributed by atoms with Gasteiger partial charge in [-0.1, -0.05) is 29.8 Å². The van der Waals surface area contributed by atoms with Crippen molar-refractivity contribution in [1.29, 1.82) is 0 Å². The van der Waals surface area contributed by atoms with Crippen LogP contribution in [0.4, 0.5) is 9.59 Å². The van der Waals surface area contributed by atoms with E-state index < -0.39 is 12.0 Å². The van der Waals surface area contributed by atoms with Crippen molar-refractivity contribution in [2.45, 2.75) is 46.2 Å². The van der Waals surface area contributed by atoms with E-state index in [0.717, 1.165) is 11.1 Å². The molecule has 0 saturated carbocycles. The summed E-state index contributed by atoms with van der Waals surface area (Å²) in [4.78, 5) is 43.9. The minimum absolute atomic E-state index is 0.0766. The van der Waals surface area contributed by atoms with E-state index >= 15 is 0 Å². The Balaban J connectivity index is 1.85. The Bertz CT molecular complexity index is 960. The Kier molecular flexibility index (Phi) is 7.86. The summed E-state index contributed by atoms with van der Waals surface area (Å²) in [6.45, 7) is 12.7. The van der Waals surface area contributed by atoms with Crippen LogP contribution in [0.5, 0.6) is 0 Å². The minimum atomic E-state index is -0.587. The second-order valence-electron chi connectivity index (χ2n) is 9.88. The first kappa shape index (κ1) is 25.6. The zero-order valence-corrected chi connectivity index (χ0v) is 21.1. The summed E-state index contributed by atoms with van der Waals surface area (Å²) in [5.41, 5.74) is 2.66. The quantitative estimate of drug-likeness (QED) is 0.644. The molecule has 1 fully saturated rings. The number of piperazine rings is 1. The van der Waals surface area contributed by atoms with Crippen molar-refractivity contribution in [2.24, 2.45) is 0 Å². The largest absolute Gasteiger partial charge is 0.463 e. The van der Waals surface area contributed by atoms with E-state index in [-0.39, 0.29) is 24.2 Å². The first-order chi connectivity index (χ1) is 16.0. The third-order valence-corrected chi connectivity index (χ3v) is 5.96. The normalized spacial score (nSPS) is 19.7. The fourth-order valence-electron chi connectivity index (χ4n) is 4.22. The Morgan fingerprint density at radius 1 is 1.18 bits per heavy atom. The van der Waals surface area contributed by atoms with E-state index in [2.05, 4.69) is 15.5 Å². The van der Waals surface area contributed by atoms with Crippen molar-refractivity contribution in [3.63, 3.8) is 0 Å². The van der Waals surface area contributed by atoms with E-state index in [1.807, 2.05) is 52.0 Å². The molecule has 3 rings (SSSR count). The molecule has 1 aromatic rings. The number of rotatable bonds is 5. The number of esters is 1. The second-order valence-corrected chi connectivity index (χ2v) is 9.88. The van der Waals surface area contributed by atoms with Crippen molar-refractivity contribution < 1.29 is 19.1 Å². The van der Waals surface area contributed by atoms with Gasteiger partial charge in [-0.2, -0.15) is 0 Å². The topological polar surface area (TPSA) is 94.2 Å². The van der Waals surface area contributed by atoms with E-state index in [9.17, 15) is 14.4 Å². The van der Waals surface area contributed by atoms with E-state index in [1.165, 1.54) is 4.90 Å². The Labute approximate surface area is 202 Å². The molecule has 1 atom stereocenters. The fourth-order valence-corrected chi connectivity index (χ4v) is 4.22. The predicted molar refractivity (Wildman–Crippen MR) is 130 cm³/mol. The lowest BCUT2D eigenvalue weighted by Gasteiger charge is -2.40. The average Bonchev–Trinajstić information content (AvgIpc) is 2.76. The van der Waals surface area contributed by atoms with Gasteiger partial charge in [0.2, 0.25) is 0 Å². The molecule has 0 spiro atoms. The maximum Gasteiger partial charge on any atom is 0.338 e. The lowest BCUT2D eigenvalue weighted by atomic mass is 9.93. The van der Waals surface area contributed by atoms with Gasteiger partial charge >= 0.3 is 18.0 Å². The first-order valence-electron chi connectivity index (χ1n) is 11.8. The molecule has 0 radical (unpaired) electrons. The summed E-state index contributed by atoms with van der Waals surface area (Å²) in [5, 5.41) is 5.96. The third-order valence-electron chi connectivity index (χ3n) is 5.96. The highest BCUT2D eigenvalue weighted by Gasteiger charge is 2.38. The van der Waals surface area contributed by atoms with Gasteiger partial charge in [0.05, 0.1) is 18.2 Å². The Morgan fingerprint density at radius 2 is 1.85 bits per heavy atom. The molecule has 1 aromatic carbocycles. The molecule has 2 aliphatic heterocycles. The molecule has 2 aliphatic rings. The molecule has 0 aromatic heterocycles. The van der Waals surface area contributed by atoms with Crippen molar-refractivity contribution >= 4 is 18.0 Å². The number of hydrogen-bond donors (Lipinski definition) is 2. The highest BCUT2D eigenvalue weighted by Crippen LogP contribution is 2.32. The standard InChI is InChI=1S/C25H37N5O4/c1-7-34-22(31)20-19(16-29-11-13-30(14-12-29)24(33)27-25(3,4)5)28(6)23(32)26-21(20)18-10-8-9-17(2)15-18/h8-10,15,21H,7,11-14,16H2,1-6H3,(H,26,32)(H,27,33)/t21-/m0/s1. The minimum Gasteiger partial charge on any atom is -0.463 e. The van der Waals surface area contributed by atoms with Crippen LogP contribution in [-0.2, 0) is 9.53 Å². The molecule has 2 heterocycles. The molecular weight excluding hydrogens is 434 g/mol. The molecule has 0 bridgehead atoms. The molecule has 0 aliphatic carbocycles. The zero-order chi connectivity index (χ0) is 25.0. The Hall–Kier alpha value is -3.07. The monoisotopic (exact) mass is 471 g/mol. The van der Waals surface area contributed by atoms with Crippen LogP contribution in [0.15, 0.2) is 35.5 Å². The SMILES string of the molecule is CCOC(=O)C1=C(CN2CCN(C(=O)NC(C)(C)C)CC2)N(C)C(=O)N[C@H]1c1cccc(C)c1. The number of aryl methyl sites for hydroxylation is 1. The number of benzene rings is 1. The summed E-state index contributed by atoms with van der Waals surface area (Å²) in [7, 11) is 1.67. The van der Waals surface area contributed by atoms with Gasteiger partial charge in [-0.15, -0.1) is 0 Å². The number of amides is 4. The second kappa shape index (κ2) is 10.5. The number of carbonyl (C=O) groups excluding carboxylic acids is 3.